The first-order valence-corrected chi connectivity index (χ1v) is 7.57. The number of fused-ring (bicyclic) bond motifs is 1. The Morgan fingerprint density at radius 2 is 2.00 bits per heavy atom. The summed E-state index contributed by atoms with van der Waals surface area (Å²) in [6.07, 6.45) is 2.63. The van der Waals surface area contributed by atoms with Crippen molar-refractivity contribution < 1.29 is 13.9 Å². The van der Waals surface area contributed by atoms with Crippen LogP contribution in [0, 0.1) is 11.6 Å². The van der Waals surface area contributed by atoms with E-state index in [1.807, 2.05) is 0 Å². The summed E-state index contributed by atoms with van der Waals surface area (Å²) in [7, 11) is 0. The molecule has 8 nitrogen and oxygen atoms in total. The van der Waals surface area contributed by atoms with E-state index in [0.717, 1.165) is 16.8 Å². The average Bonchev–Trinajstić information content (AvgIpc) is 3.23. The highest BCUT2D eigenvalue weighted by molar-refractivity contribution is 5.65. The second-order valence-electron chi connectivity index (χ2n) is 5.88. The van der Waals surface area contributed by atoms with E-state index in [1.165, 1.54) is 30.0 Å². The van der Waals surface area contributed by atoms with Crippen LogP contribution in [0.25, 0.3) is 11.2 Å². The Morgan fingerprint density at radius 3 is 2.77 bits per heavy atom. The summed E-state index contributed by atoms with van der Waals surface area (Å²) in [4.78, 5) is 3.90. The molecule has 0 aliphatic rings. The summed E-state index contributed by atoms with van der Waals surface area (Å²) >= 11 is 0. The highest BCUT2D eigenvalue weighted by atomic mass is 19.1. The Morgan fingerprint density at radius 1 is 1.19 bits per heavy atom. The maximum absolute atomic E-state index is 13.9. The van der Waals surface area contributed by atoms with Gasteiger partial charge in [-0.3, -0.25) is 0 Å². The summed E-state index contributed by atoms with van der Waals surface area (Å²) < 4.78 is 29.6. The minimum atomic E-state index is -1.60. The van der Waals surface area contributed by atoms with E-state index in [9.17, 15) is 13.9 Å². The fourth-order valence-electron chi connectivity index (χ4n) is 2.72. The number of aliphatic hydroxyl groups is 1. The van der Waals surface area contributed by atoms with Gasteiger partial charge in [-0.15, -0.1) is 5.10 Å². The molecule has 0 spiro atoms. The zero-order valence-corrected chi connectivity index (χ0v) is 13.5. The van der Waals surface area contributed by atoms with Gasteiger partial charge in [-0.25, -0.2) is 23.0 Å². The third kappa shape index (κ3) is 2.39. The summed E-state index contributed by atoms with van der Waals surface area (Å²) in [5, 5.41) is 22.9. The number of nitrogen functional groups attached to an aromatic ring is 1. The van der Waals surface area contributed by atoms with Crippen LogP contribution in [-0.2, 0) is 5.60 Å². The normalized spacial score (nSPS) is 13.8. The van der Waals surface area contributed by atoms with Crippen molar-refractivity contribution in [2.45, 2.75) is 12.5 Å². The van der Waals surface area contributed by atoms with Crippen molar-refractivity contribution in [3.05, 3.63) is 65.9 Å². The summed E-state index contributed by atoms with van der Waals surface area (Å²) in [6.45, 7) is 1.50. The van der Waals surface area contributed by atoms with Crippen molar-refractivity contribution >= 4 is 11.3 Å². The minimum absolute atomic E-state index is 0.00698. The fourth-order valence-corrected chi connectivity index (χ4v) is 2.72. The zero-order valence-electron chi connectivity index (χ0n) is 13.5. The average molecular weight is 357 g/mol. The third-order valence-corrected chi connectivity index (χ3v) is 4.13. The molecule has 1 unspecified atom stereocenters. The standard InChI is InChI=1S/C16H13F2N7O/c1-16(26,14-5-4-12-15(19)20-8-21-25(12)14)13-7-24(23-22-13)11-3-2-9(17)6-10(11)18/h2-8,26H,1H3,(H2,19,20,21). The highest BCUT2D eigenvalue weighted by Gasteiger charge is 2.33. The van der Waals surface area contributed by atoms with Crippen molar-refractivity contribution in [3.8, 4) is 5.69 Å². The molecule has 0 saturated carbocycles. The van der Waals surface area contributed by atoms with Crippen molar-refractivity contribution in [1.29, 1.82) is 0 Å². The Balaban J connectivity index is 1.79. The summed E-state index contributed by atoms with van der Waals surface area (Å²) in [6, 6.07) is 6.40. The molecule has 3 aromatic heterocycles. The van der Waals surface area contributed by atoms with Gasteiger partial charge in [0.15, 0.2) is 11.6 Å². The van der Waals surface area contributed by atoms with Crippen LogP contribution in [0.2, 0.25) is 0 Å². The largest absolute Gasteiger partial charge is 0.382 e. The topological polar surface area (TPSA) is 107 Å². The van der Waals surface area contributed by atoms with Gasteiger partial charge < -0.3 is 10.8 Å². The number of aromatic nitrogens is 6. The van der Waals surface area contributed by atoms with Gasteiger partial charge in [0.2, 0.25) is 0 Å². The van der Waals surface area contributed by atoms with Gasteiger partial charge in [-0.05, 0) is 31.2 Å². The van der Waals surface area contributed by atoms with E-state index in [0.29, 0.717) is 11.2 Å². The lowest BCUT2D eigenvalue weighted by atomic mass is 9.99. The van der Waals surface area contributed by atoms with E-state index in [-0.39, 0.29) is 17.2 Å². The molecule has 1 atom stereocenters. The maximum atomic E-state index is 13.9. The van der Waals surface area contributed by atoms with E-state index in [1.54, 1.807) is 12.1 Å². The molecule has 0 saturated heterocycles. The lowest BCUT2D eigenvalue weighted by Crippen LogP contribution is -2.26. The van der Waals surface area contributed by atoms with Gasteiger partial charge in [-0.1, -0.05) is 5.21 Å². The third-order valence-electron chi connectivity index (χ3n) is 4.13. The quantitative estimate of drug-likeness (QED) is 0.574. The predicted molar refractivity (Wildman–Crippen MR) is 87.3 cm³/mol. The van der Waals surface area contributed by atoms with Crippen LogP contribution < -0.4 is 5.73 Å². The molecular weight excluding hydrogens is 344 g/mol. The van der Waals surface area contributed by atoms with Crippen LogP contribution in [0.5, 0.6) is 0 Å². The van der Waals surface area contributed by atoms with Crippen LogP contribution in [0.15, 0.2) is 42.9 Å². The molecule has 3 heterocycles. The molecule has 26 heavy (non-hydrogen) atoms. The molecular formula is C16H13F2N7O. The van der Waals surface area contributed by atoms with Crippen molar-refractivity contribution in [2.24, 2.45) is 0 Å². The molecule has 132 valence electrons. The Labute approximate surface area is 145 Å². The molecule has 0 bridgehead atoms. The first kappa shape index (κ1) is 16.1. The molecule has 3 N–H and O–H groups in total. The summed E-state index contributed by atoms with van der Waals surface area (Å²) in [5.74, 6) is -1.23. The minimum Gasteiger partial charge on any atom is -0.382 e. The smallest absolute Gasteiger partial charge is 0.151 e. The van der Waals surface area contributed by atoms with Crippen molar-refractivity contribution in [2.75, 3.05) is 5.73 Å². The second-order valence-corrected chi connectivity index (χ2v) is 5.88. The van der Waals surface area contributed by atoms with Gasteiger partial charge in [-0.2, -0.15) is 5.10 Å². The number of halogens is 2. The van der Waals surface area contributed by atoms with Crippen LogP contribution in [0.4, 0.5) is 14.6 Å². The van der Waals surface area contributed by atoms with Crippen LogP contribution >= 0.6 is 0 Å². The molecule has 0 amide bonds. The molecule has 0 fully saturated rings. The van der Waals surface area contributed by atoms with Crippen molar-refractivity contribution in [3.63, 3.8) is 0 Å². The molecule has 0 aliphatic carbocycles. The highest BCUT2D eigenvalue weighted by Crippen LogP contribution is 2.30. The monoisotopic (exact) mass is 357 g/mol. The SMILES string of the molecule is CC(O)(c1cn(-c2ccc(F)cc2F)nn1)c1ccc2c(N)ncnn12. The number of hydrogen-bond acceptors (Lipinski definition) is 6. The first-order valence-electron chi connectivity index (χ1n) is 7.57. The Hall–Kier alpha value is -3.40. The molecule has 0 radical (unpaired) electrons. The molecule has 4 aromatic rings. The number of rotatable bonds is 3. The number of benzene rings is 1. The van der Waals surface area contributed by atoms with Gasteiger partial charge in [0.1, 0.15) is 34.6 Å². The van der Waals surface area contributed by atoms with Gasteiger partial charge >= 0.3 is 0 Å². The van der Waals surface area contributed by atoms with E-state index < -0.39 is 17.2 Å². The van der Waals surface area contributed by atoms with Crippen molar-refractivity contribution in [1.82, 2.24) is 29.6 Å². The van der Waals surface area contributed by atoms with Gasteiger partial charge in [0.25, 0.3) is 0 Å². The van der Waals surface area contributed by atoms with E-state index >= 15 is 0 Å². The molecule has 4 rings (SSSR count). The lowest BCUT2D eigenvalue weighted by molar-refractivity contribution is 0.0905. The van der Waals surface area contributed by atoms with E-state index in [2.05, 4.69) is 20.4 Å². The fraction of sp³-hybridized carbons (Fsp3) is 0.125. The summed E-state index contributed by atoms with van der Waals surface area (Å²) in [5.41, 5.74) is 5.28. The number of nitrogens with two attached hydrogens (primary N) is 1. The van der Waals surface area contributed by atoms with Gasteiger partial charge in [0.05, 0.1) is 11.9 Å². The number of hydrogen-bond donors (Lipinski definition) is 2. The first-order chi connectivity index (χ1) is 12.4. The molecule has 10 heteroatoms. The number of nitrogens with zero attached hydrogens (tertiary/aromatic N) is 6. The Bertz CT molecular complexity index is 1120. The molecule has 1 aromatic carbocycles. The predicted octanol–water partition coefficient (Wildman–Crippen LogP) is 1.43. The van der Waals surface area contributed by atoms with Crippen LogP contribution in [-0.4, -0.2) is 34.7 Å². The zero-order chi connectivity index (χ0) is 18.5. The number of anilines is 1. The Kier molecular flexibility index (Phi) is 3.44. The van der Waals surface area contributed by atoms with E-state index in [4.69, 9.17) is 5.73 Å². The van der Waals surface area contributed by atoms with Crippen LogP contribution in [0.3, 0.4) is 0 Å². The van der Waals surface area contributed by atoms with Crippen LogP contribution in [0.1, 0.15) is 18.3 Å². The lowest BCUT2D eigenvalue weighted by Gasteiger charge is -2.20. The van der Waals surface area contributed by atoms with Gasteiger partial charge in [0, 0.05) is 6.07 Å². The molecule has 0 aliphatic heterocycles. The maximum Gasteiger partial charge on any atom is 0.151 e. The second kappa shape index (κ2) is 5.56.